The topological polar surface area (TPSA) is 55.1 Å². The third-order valence-corrected chi connectivity index (χ3v) is 2.44. The molecule has 0 atom stereocenters. The predicted octanol–water partition coefficient (Wildman–Crippen LogP) is 1.39. The maximum Gasteiger partial charge on any atom is 0.224 e. The highest BCUT2D eigenvalue weighted by molar-refractivity contribution is 5.78. The molecule has 0 bridgehead atoms. The Labute approximate surface area is 97.0 Å². The molecule has 3 nitrogen and oxygen atoms in total. The second-order valence-electron chi connectivity index (χ2n) is 4.01. The van der Waals surface area contributed by atoms with Gasteiger partial charge in [-0.3, -0.25) is 4.79 Å². The lowest BCUT2D eigenvalue weighted by molar-refractivity contribution is -0.120. The minimum Gasteiger partial charge on any atom is -0.356 e. The van der Waals surface area contributed by atoms with E-state index < -0.39 is 0 Å². The number of hydrogen-bond donors (Lipinski definition) is 2. The van der Waals surface area contributed by atoms with Crippen molar-refractivity contribution in [3.63, 3.8) is 0 Å². The molecule has 3 N–H and O–H groups in total. The van der Waals surface area contributed by atoms with Gasteiger partial charge in [-0.2, -0.15) is 0 Å². The van der Waals surface area contributed by atoms with Crippen molar-refractivity contribution in [1.29, 1.82) is 0 Å². The number of carbonyl (C=O) groups excluding carboxylic acids is 1. The standard InChI is InChI=1S/C13H20N2O/c1-11-4-6-12(7-5-11)10-13(16)15-9-3-2-8-14/h4-7H,2-3,8-10,14H2,1H3,(H,15,16). The second-order valence-corrected chi connectivity index (χ2v) is 4.01. The molecule has 1 rings (SSSR count). The molecule has 1 aromatic carbocycles. The van der Waals surface area contributed by atoms with Crippen molar-refractivity contribution in [2.45, 2.75) is 26.2 Å². The predicted molar refractivity (Wildman–Crippen MR) is 66.2 cm³/mol. The van der Waals surface area contributed by atoms with E-state index in [2.05, 4.69) is 5.32 Å². The highest BCUT2D eigenvalue weighted by atomic mass is 16.1. The van der Waals surface area contributed by atoms with Gasteiger partial charge < -0.3 is 11.1 Å². The maximum absolute atomic E-state index is 11.5. The third-order valence-electron chi connectivity index (χ3n) is 2.44. The molecule has 0 aliphatic carbocycles. The zero-order chi connectivity index (χ0) is 11.8. The van der Waals surface area contributed by atoms with Crippen LogP contribution in [0, 0.1) is 6.92 Å². The molecule has 0 aliphatic heterocycles. The van der Waals surface area contributed by atoms with Crippen LogP contribution >= 0.6 is 0 Å². The molecule has 1 amide bonds. The van der Waals surface area contributed by atoms with Gasteiger partial charge in [-0.15, -0.1) is 0 Å². The number of unbranched alkanes of at least 4 members (excludes halogenated alkanes) is 1. The van der Waals surface area contributed by atoms with Gasteiger partial charge in [0.1, 0.15) is 0 Å². The molecule has 0 saturated carbocycles. The number of nitrogens with two attached hydrogens (primary N) is 1. The van der Waals surface area contributed by atoms with Gasteiger partial charge in [0, 0.05) is 6.54 Å². The Morgan fingerprint density at radius 1 is 1.25 bits per heavy atom. The average Bonchev–Trinajstić information content (AvgIpc) is 2.28. The fourth-order valence-electron chi connectivity index (χ4n) is 1.45. The Bertz CT molecular complexity index is 319. The van der Waals surface area contributed by atoms with Crippen molar-refractivity contribution in [3.05, 3.63) is 35.4 Å². The van der Waals surface area contributed by atoms with E-state index in [0.29, 0.717) is 13.0 Å². The molecular weight excluding hydrogens is 200 g/mol. The van der Waals surface area contributed by atoms with Crippen molar-refractivity contribution in [1.82, 2.24) is 5.32 Å². The van der Waals surface area contributed by atoms with Gasteiger partial charge in [-0.25, -0.2) is 0 Å². The fourth-order valence-corrected chi connectivity index (χ4v) is 1.45. The van der Waals surface area contributed by atoms with E-state index in [1.54, 1.807) is 0 Å². The van der Waals surface area contributed by atoms with Gasteiger partial charge >= 0.3 is 0 Å². The van der Waals surface area contributed by atoms with Crippen LogP contribution in [0.15, 0.2) is 24.3 Å². The van der Waals surface area contributed by atoms with Gasteiger partial charge in [0.15, 0.2) is 0 Å². The summed E-state index contributed by atoms with van der Waals surface area (Å²) in [5.41, 5.74) is 7.64. The average molecular weight is 220 g/mol. The van der Waals surface area contributed by atoms with Crippen molar-refractivity contribution in [2.75, 3.05) is 13.1 Å². The number of rotatable bonds is 6. The molecule has 0 spiro atoms. The van der Waals surface area contributed by atoms with Gasteiger partial charge in [0.05, 0.1) is 6.42 Å². The zero-order valence-corrected chi connectivity index (χ0v) is 9.83. The van der Waals surface area contributed by atoms with Crippen LogP contribution in [0.1, 0.15) is 24.0 Å². The van der Waals surface area contributed by atoms with Gasteiger partial charge in [0.2, 0.25) is 5.91 Å². The minimum atomic E-state index is 0.0841. The first-order chi connectivity index (χ1) is 7.72. The molecule has 0 unspecified atom stereocenters. The molecule has 0 aromatic heterocycles. The summed E-state index contributed by atoms with van der Waals surface area (Å²) in [6.07, 6.45) is 2.38. The molecule has 3 heteroatoms. The van der Waals surface area contributed by atoms with Crippen LogP contribution in [0.5, 0.6) is 0 Å². The van der Waals surface area contributed by atoms with E-state index >= 15 is 0 Å². The summed E-state index contributed by atoms with van der Waals surface area (Å²) in [5, 5.41) is 2.89. The molecule has 0 fully saturated rings. The van der Waals surface area contributed by atoms with Gasteiger partial charge in [0.25, 0.3) is 0 Å². The molecule has 88 valence electrons. The molecule has 0 saturated heterocycles. The number of amides is 1. The van der Waals surface area contributed by atoms with E-state index in [4.69, 9.17) is 5.73 Å². The zero-order valence-electron chi connectivity index (χ0n) is 9.83. The van der Waals surface area contributed by atoms with Crippen molar-refractivity contribution >= 4 is 5.91 Å². The minimum absolute atomic E-state index is 0.0841. The van der Waals surface area contributed by atoms with Crippen molar-refractivity contribution in [2.24, 2.45) is 5.73 Å². The third kappa shape index (κ3) is 4.94. The molecule has 16 heavy (non-hydrogen) atoms. The lowest BCUT2D eigenvalue weighted by Crippen LogP contribution is -2.26. The molecule has 1 aromatic rings. The van der Waals surface area contributed by atoms with Crippen LogP contribution in [0.3, 0.4) is 0 Å². The lowest BCUT2D eigenvalue weighted by Gasteiger charge is -2.05. The summed E-state index contributed by atoms with van der Waals surface area (Å²) >= 11 is 0. The van der Waals surface area contributed by atoms with E-state index in [-0.39, 0.29) is 5.91 Å². The molecule has 0 aliphatic rings. The van der Waals surface area contributed by atoms with Crippen LogP contribution in [0.4, 0.5) is 0 Å². The summed E-state index contributed by atoms with van der Waals surface area (Å²) < 4.78 is 0. The number of nitrogens with one attached hydrogen (secondary N) is 1. The Morgan fingerprint density at radius 2 is 1.94 bits per heavy atom. The molecule has 0 heterocycles. The number of aryl methyl sites for hydroxylation is 1. The quantitative estimate of drug-likeness (QED) is 0.712. The van der Waals surface area contributed by atoms with Crippen LogP contribution in [-0.2, 0) is 11.2 Å². The van der Waals surface area contributed by atoms with Crippen LogP contribution in [0.25, 0.3) is 0 Å². The first-order valence-electron chi connectivity index (χ1n) is 5.74. The van der Waals surface area contributed by atoms with Gasteiger partial charge in [-0.1, -0.05) is 29.8 Å². The van der Waals surface area contributed by atoms with Crippen LogP contribution in [0.2, 0.25) is 0 Å². The summed E-state index contributed by atoms with van der Waals surface area (Å²) in [7, 11) is 0. The van der Waals surface area contributed by atoms with Gasteiger partial charge in [-0.05, 0) is 31.9 Å². The SMILES string of the molecule is Cc1ccc(CC(=O)NCCCCN)cc1. The second kappa shape index (κ2) is 7.01. The summed E-state index contributed by atoms with van der Waals surface area (Å²) in [5.74, 6) is 0.0841. The Kier molecular flexibility index (Phi) is 5.57. The van der Waals surface area contributed by atoms with E-state index in [1.165, 1.54) is 5.56 Å². The fraction of sp³-hybridized carbons (Fsp3) is 0.462. The van der Waals surface area contributed by atoms with Crippen molar-refractivity contribution in [3.8, 4) is 0 Å². The molecular formula is C13H20N2O. The highest BCUT2D eigenvalue weighted by Gasteiger charge is 2.01. The number of carbonyl (C=O) groups is 1. The Hall–Kier alpha value is -1.35. The monoisotopic (exact) mass is 220 g/mol. The van der Waals surface area contributed by atoms with Crippen molar-refractivity contribution < 1.29 is 4.79 Å². The smallest absolute Gasteiger partial charge is 0.224 e. The van der Waals surface area contributed by atoms with E-state index in [0.717, 1.165) is 24.9 Å². The lowest BCUT2D eigenvalue weighted by atomic mass is 10.1. The highest BCUT2D eigenvalue weighted by Crippen LogP contribution is 2.03. The number of hydrogen-bond acceptors (Lipinski definition) is 2. The van der Waals surface area contributed by atoms with E-state index in [9.17, 15) is 4.79 Å². The van der Waals surface area contributed by atoms with Crippen LogP contribution < -0.4 is 11.1 Å². The maximum atomic E-state index is 11.5. The first-order valence-corrected chi connectivity index (χ1v) is 5.74. The Morgan fingerprint density at radius 3 is 2.56 bits per heavy atom. The first kappa shape index (κ1) is 12.7. The van der Waals surface area contributed by atoms with E-state index in [1.807, 2.05) is 31.2 Å². The molecule has 0 radical (unpaired) electrons. The summed E-state index contributed by atoms with van der Waals surface area (Å²) in [6, 6.07) is 8.04. The normalized spacial score (nSPS) is 10.1. The van der Waals surface area contributed by atoms with Crippen LogP contribution in [-0.4, -0.2) is 19.0 Å². The largest absolute Gasteiger partial charge is 0.356 e. The summed E-state index contributed by atoms with van der Waals surface area (Å²) in [4.78, 5) is 11.5. The summed E-state index contributed by atoms with van der Waals surface area (Å²) in [6.45, 7) is 3.45. The Balaban J connectivity index is 2.26. The number of benzene rings is 1.